The van der Waals surface area contributed by atoms with Crippen LogP contribution in [-0.4, -0.2) is 31.4 Å². The lowest BCUT2D eigenvalue weighted by molar-refractivity contribution is 0.0974. The van der Waals surface area contributed by atoms with Gasteiger partial charge in [0.15, 0.2) is 0 Å². The number of nitrogens with one attached hydrogen (secondary N) is 1. The zero-order chi connectivity index (χ0) is 19.7. The van der Waals surface area contributed by atoms with Crippen LogP contribution in [0.15, 0.2) is 48.6 Å². The molecular weight excluding hydrogens is 361 g/mol. The van der Waals surface area contributed by atoms with Gasteiger partial charge in [-0.15, -0.1) is 0 Å². The summed E-state index contributed by atoms with van der Waals surface area (Å²) in [7, 11) is 0. The second-order valence-electron chi connectivity index (χ2n) is 6.46. The standard InChI is InChI=1S/C22H32FNO2S/c1-3-19(2)18-24-22(27)13-8-6-4-5-7-9-14-25-15-16-26-21-12-10-11-20(23)17-21/h4,6,8,10-13,17,19H,3,5,7,9,14-16,18H2,1-2H3,(H,24,27). The van der Waals surface area contributed by atoms with Crippen molar-refractivity contribution in [2.24, 2.45) is 5.92 Å². The number of hydrogen-bond acceptors (Lipinski definition) is 3. The molecule has 1 rings (SSSR count). The summed E-state index contributed by atoms with van der Waals surface area (Å²) in [5.41, 5.74) is 0. The maximum absolute atomic E-state index is 13.0. The molecule has 0 radical (unpaired) electrons. The van der Waals surface area contributed by atoms with E-state index in [2.05, 4.69) is 25.2 Å². The molecule has 0 heterocycles. The first-order valence-electron chi connectivity index (χ1n) is 9.69. The highest BCUT2D eigenvalue weighted by Gasteiger charge is 1.98. The summed E-state index contributed by atoms with van der Waals surface area (Å²) in [5.74, 6) is 0.883. The van der Waals surface area contributed by atoms with Gasteiger partial charge in [-0.25, -0.2) is 4.39 Å². The van der Waals surface area contributed by atoms with Crippen LogP contribution in [0, 0.1) is 11.7 Å². The van der Waals surface area contributed by atoms with Gasteiger partial charge < -0.3 is 14.8 Å². The van der Waals surface area contributed by atoms with Gasteiger partial charge in [-0.05, 0) is 43.4 Å². The Labute approximate surface area is 168 Å². The molecule has 5 heteroatoms. The third-order valence-electron chi connectivity index (χ3n) is 4.02. The van der Waals surface area contributed by atoms with Crippen LogP contribution in [0.4, 0.5) is 4.39 Å². The van der Waals surface area contributed by atoms with Gasteiger partial charge >= 0.3 is 0 Å². The highest BCUT2D eigenvalue weighted by atomic mass is 32.1. The molecule has 0 saturated carbocycles. The molecule has 3 nitrogen and oxygen atoms in total. The lowest BCUT2D eigenvalue weighted by Crippen LogP contribution is -2.24. The predicted molar refractivity (Wildman–Crippen MR) is 115 cm³/mol. The number of thiocarbonyl (C=S) groups is 1. The van der Waals surface area contributed by atoms with E-state index in [1.54, 1.807) is 12.1 Å². The molecule has 0 saturated heterocycles. The van der Waals surface area contributed by atoms with E-state index in [0.717, 1.165) is 37.2 Å². The Kier molecular flexibility index (Phi) is 13.3. The maximum atomic E-state index is 13.0. The average molecular weight is 394 g/mol. The largest absolute Gasteiger partial charge is 0.491 e. The van der Waals surface area contributed by atoms with E-state index < -0.39 is 0 Å². The van der Waals surface area contributed by atoms with Crippen LogP contribution in [0.2, 0.25) is 0 Å². The summed E-state index contributed by atoms with van der Waals surface area (Å²) >= 11 is 5.25. The first kappa shape index (κ1) is 23.3. The number of benzene rings is 1. The summed E-state index contributed by atoms with van der Waals surface area (Å²) in [6, 6.07) is 6.13. The van der Waals surface area contributed by atoms with Gasteiger partial charge in [-0.2, -0.15) is 0 Å². The number of halogens is 1. The molecule has 1 aromatic rings. The molecular formula is C22H32FNO2S. The topological polar surface area (TPSA) is 30.5 Å². The van der Waals surface area contributed by atoms with Gasteiger partial charge in [0.25, 0.3) is 0 Å². The van der Waals surface area contributed by atoms with Crippen LogP contribution in [0.1, 0.15) is 39.5 Å². The molecule has 1 atom stereocenters. The highest BCUT2D eigenvalue weighted by molar-refractivity contribution is 7.80. The van der Waals surface area contributed by atoms with Gasteiger partial charge in [-0.3, -0.25) is 0 Å². The van der Waals surface area contributed by atoms with Gasteiger partial charge in [0.05, 0.1) is 11.6 Å². The third-order valence-corrected chi connectivity index (χ3v) is 4.30. The molecule has 1 unspecified atom stereocenters. The second kappa shape index (κ2) is 15.3. The maximum Gasteiger partial charge on any atom is 0.126 e. The van der Waals surface area contributed by atoms with E-state index in [4.69, 9.17) is 21.7 Å². The lowest BCUT2D eigenvalue weighted by atomic mass is 10.1. The Morgan fingerprint density at radius 3 is 2.85 bits per heavy atom. The third kappa shape index (κ3) is 13.1. The van der Waals surface area contributed by atoms with E-state index in [1.807, 2.05) is 18.2 Å². The van der Waals surface area contributed by atoms with Crippen molar-refractivity contribution in [2.45, 2.75) is 39.5 Å². The molecule has 0 aliphatic rings. The molecule has 0 amide bonds. The Hall–Kier alpha value is -1.72. The Bertz CT molecular complexity index is 589. The van der Waals surface area contributed by atoms with Crippen LogP contribution >= 0.6 is 12.2 Å². The lowest BCUT2D eigenvalue weighted by Gasteiger charge is -2.09. The minimum atomic E-state index is -0.291. The van der Waals surface area contributed by atoms with Gasteiger partial charge in [0, 0.05) is 19.2 Å². The van der Waals surface area contributed by atoms with E-state index in [1.165, 1.54) is 12.1 Å². The van der Waals surface area contributed by atoms with Crippen molar-refractivity contribution in [1.82, 2.24) is 5.32 Å². The van der Waals surface area contributed by atoms with E-state index >= 15 is 0 Å². The molecule has 0 aliphatic carbocycles. The van der Waals surface area contributed by atoms with Gasteiger partial charge in [0.1, 0.15) is 18.2 Å². The van der Waals surface area contributed by atoms with E-state index in [-0.39, 0.29) is 5.82 Å². The van der Waals surface area contributed by atoms with Crippen LogP contribution < -0.4 is 10.1 Å². The quantitative estimate of drug-likeness (QED) is 0.197. The molecule has 0 aromatic heterocycles. The van der Waals surface area contributed by atoms with Crippen molar-refractivity contribution in [3.05, 3.63) is 54.4 Å². The summed E-state index contributed by atoms with van der Waals surface area (Å²) in [6.45, 7) is 6.96. The summed E-state index contributed by atoms with van der Waals surface area (Å²) in [6.07, 6.45) is 12.3. The first-order valence-corrected chi connectivity index (χ1v) is 10.1. The number of allylic oxidation sites excluding steroid dienone is 3. The first-order chi connectivity index (χ1) is 13.1. The smallest absolute Gasteiger partial charge is 0.126 e. The number of ether oxygens (including phenoxy) is 2. The highest BCUT2D eigenvalue weighted by Crippen LogP contribution is 2.11. The fourth-order valence-electron chi connectivity index (χ4n) is 2.14. The Balaban J connectivity index is 1.94. The Morgan fingerprint density at radius 1 is 1.22 bits per heavy atom. The van der Waals surface area contributed by atoms with Crippen molar-refractivity contribution in [1.29, 1.82) is 0 Å². The number of rotatable bonds is 14. The van der Waals surface area contributed by atoms with Crippen molar-refractivity contribution < 1.29 is 13.9 Å². The molecule has 27 heavy (non-hydrogen) atoms. The van der Waals surface area contributed by atoms with Gasteiger partial charge in [-0.1, -0.05) is 56.8 Å². The molecule has 1 N–H and O–H groups in total. The van der Waals surface area contributed by atoms with Gasteiger partial charge in [0.2, 0.25) is 0 Å². The fourth-order valence-corrected chi connectivity index (χ4v) is 2.30. The van der Waals surface area contributed by atoms with Crippen LogP contribution in [-0.2, 0) is 4.74 Å². The summed E-state index contributed by atoms with van der Waals surface area (Å²) in [4.78, 5) is 0.786. The second-order valence-corrected chi connectivity index (χ2v) is 6.90. The zero-order valence-corrected chi connectivity index (χ0v) is 17.3. The molecule has 1 aromatic carbocycles. The fraction of sp³-hybridized carbons (Fsp3) is 0.500. The van der Waals surface area contributed by atoms with Crippen LogP contribution in [0.3, 0.4) is 0 Å². The van der Waals surface area contributed by atoms with Crippen LogP contribution in [0.5, 0.6) is 5.75 Å². The SMILES string of the molecule is CCC(C)CNC(=S)C=CC=CCCCCOCCOc1cccc(F)c1. The van der Waals surface area contributed by atoms with Crippen molar-refractivity contribution in [2.75, 3.05) is 26.4 Å². The summed E-state index contributed by atoms with van der Waals surface area (Å²) in [5, 5.41) is 3.25. The van der Waals surface area contributed by atoms with E-state index in [9.17, 15) is 4.39 Å². The normalized spacial score (nSPS) is 12.6. The molecule has 0 bridgehead atoms. The van der Waals surface area contributed by atoms with E-state index in [0.29, 0.717) is 31.5 Å². The minimum absolute atomic E-state index is 0.291. The average Bonchev–Trinajstić information content (AvgIpc) is 2.67. The van der Waals surface area contributed by atoms with Crippen LogP contribution in [0.25, 0.3) is 0 Å². The molecule has 0 aliphatic heterocycles. The minimum Gasteiger partial charge on any atom is -0.491 e. The summed E-state index contributed by atoms with van der Waals surface area (Å²) < 4.78 is 23.9. The zero-order valence-electron chi connectivity index (χ0n) is 16.5. The number of hydrogen-bond donors (Lipinski definition) is 1. The Morgan fingerprint density at radius 2 is 2.07 bits per heavy atom. The molecule has 0 fully saturated rings. The van der Waals surface area contributed by atoms with Crippen molar-refractivity contribution in [3.8, 4) is 5.75 Å². The van der Waals surface area contributed by atoms with Crippen molar-refractivity contribution in [3.63, 3.8) is 0 Å². The number of unbranched alkanes of at least 4 members (excludes halogenated alkanes) is 2. The molecule has 0 spiro atoms. The molecule has 150 valence electrons. The monoisotopic (exact) mass is 393 g/mol. The van der Waals surface area contributed by atoms with Crippen molar-refractivity contribution >= 4 is 17.2 Å². The predicted octanol–water partition coefficient (Wildman–Crippen LogP) is 5.47.